The molecule has 2 N–H and O–H groups in total. The molecule has 0 aliphatic carbocycles. The van der Waals surface area contributed by atoms with Crippen LogP contribution in [0.3, 0.4) is 0 Å². The van der Waals surface area contributed by atoms with Crippen molar-refractivity contribution in [2.75, 3.05) is 33.6 Å². The van der Waals surface area contributed by atoms with E-state index in [1.54, 1.807) is 14.2 Å². The number of benzene rings is 1. The number of ether oxygens (including phenoxy) is 2. The SMILES string of the molecule is CNS(=O)(=O)CCNCc1cc(Br)c(OC)c(OC)c1. The number of methoxy groups -OCH3 is 2. The molecule has 0 unspecified atom stereocenters. The van der Waals surface area contributed by atoms with Crippen LogP contribution in [0.1, 0.15) is 5.56 Å². The highest BCUT2D eigenvalue weighted by Crippen LogP contribution is 2.36. The third-order valence-electron chi connectivity index (χ3n) is 2.68. The number of hydrogen-bond donors (Lipinski definition) is 2. The molecule has 0 aliphatic heterocycles. The average molecular weight is 367 g/mol. The smallest absolute Gasteiger partial charge is 0.212 e. The molecule has 0 spiro atoms. The summed E-state index contributed by atoms with van der Waals surface area (Å²) in [6.07, 6.45) is 0. The Kier molecular flexibility index (Phi) is 6.74. The van der Waals surface area contributed by atoms with Crippen LogP contribution in [0.15, 0.2) is 16.6 Å². The summed E-state index contributed by atoms with van der Waals surface area (Å²) in [6.45, 7) is 0.910. The third kappa shape index (κ3) is 4.93. The molecule has 6 nitrogen and oxygen atoms in total. The van der Waals surface area contributed by atoms with Gasteiger partial charge in [0.1, 0.15) is 0 Å². The number of sulfonamides is 1. The van der Waals surface area contributed by atoms with Crippen molar-refractivity contribution in [1.82, 2.24) is 10.0 Å². The predicted octanol–water partition coefficient (Wildman–Crippen LogP) is 1.11. The Balaban J connectivity index is 2.63. The van der Waals surface area contributed by atoms with Crippen LogP contribution >= 0.6 is 15.9 Å². The van der Waals surface area contributed by atoms with E-state index in [9.17, 15) is 8.42 Å². The minimum absolute atomic E-state index is 0.0396. The summed E-state index contributed by atoms with van der Waals surface area (Å²) in [6, 6.07) is 3.75. The number of nitrogens with one attached hydrogen (secondary N) is 2. The van der Waals surface area contributed by atoms with Gasteiger partial charge in [0.05, 0.1) is 24.4 Å². The second kappa shape index (κ2) is 7.82. The first-order valence-electron chi connectivity index (χ1n) is 5.96. The minimum Gasteiger partial charge on any atom is -0.493 e. The summed E-state index contributed by atoms with van der Waals surface area (Å²) in [7, 11) is 1.37. The maximum atomic E-state index is 11.3. The highest BCUT2D eigenvalue weighted by atomic mass is 79.9. The number of rotatable bonds is 8. The van der Waals surface area contributed by atoms with Crippen molar-refractivity contribution in [2.45, 2.75) is 6.54 Å². The van der Waals surface area contributed by atoms with Gasteiger partial charge in [-0.05, 0) is 40.7 Å². The molecule has 0 aliphatic rings. The van der Waals surface area contributed by atoms with Crippen LogP contribution in [0.5, 0.6) is 11.5 Å². The molecular weight excluding hydrogens is 348 g/mol. The summed E-state index contributed by atoms with van der Waals surface area (Å²) in [5, 5.41) is 3.07. The normalized spacial score (nSPS) is 11.4. The van der Waals surface area contributed by atoms with Crippen LogP contribution in [0, 0.1) is 0 Å². The lowest BCUT2D eigenvalue weighted by atomic mass is 10.2. The van der Waals surface area contributed by atoms with Crippen LogP contribution < -0.4 is 19.5 Å². The van der Waals surface area contributed by atoms with E-state index in [0.717, 1.165) is 10.0 Å². The topological polar surface area (TPSA) is 76.7 Å². The van der Waals surface area contributed by atoms with E-state index in [1.807, 2.05) is 12.1 Å². The van der Waals surface area contributed by atoms with Gasteiger partial charge < -0.3 is 14.8 Å². The summed E-state index contributed by atoms with van der Waals surface area (Å²) < 4.78 is 36.0. The first-order valence-corrected chi connectivity index (χ1v) is 8.40. The summed E-state index contributed by atoms with van der Waals surface area (Å²) >= 11 is 3.41. The molecule has 0 heterocycles. The van der Waals surface area contributed by atoms with Gasteiger partial charge in [-0.3, -0.25) is 0 Å². The summed E-state index contributed by atoms with van der Waals surface area (Å²) in [5.41, 5.74) is 0.969. The lowest BCUT2D eigenvalue weighted by Crippen LogP contribution is -2.29. The minimum atomic E-state index is -3.17. The van der Waals surface area contributed by atoms with E-state index in [0.29, 0.717) is 24.6 Å². The second-order valence-corrected chi connectivity index (χ2v) is 6.91. The summed E-state index contributed by atoms with van der Waals surface area (Å²) in [5.74, 6) is 1.30. The highest BCUT2D eigenvalue weighted by Gasteiger charge is 2.11. The van der Waals surface area contributed by atoms with Crippen molar-refractivity contribution in [3.8, 4) is 11.5 Å². The van der Waals surface area contributed by atoms with Crippen molar-refractivity contribution < 1.29 is 17.9 Å². The van der Waals surface area contributed by atoms with Gasteiger partial charge in [-0.2, -0.15) is 0 Å². The fourth-order valence-corrected chi connectivity index (χ4v) is 2.88. The van der Waals surface area contributed by atoms with Crippen LogP contribution in [-0.2, 0) is 16.6 Å². The molecule has 0 aromatic heterocycles. The Labute approximate surface area is 128 Å². The second-order valence-electron chi connectivity index (χ2n) is 4.01. The van der Waals surface area contributed by atoms with Crippen LogP contribution in [0.4, 0.5) is 0 Å². The molecule has 0 saturated heterocycles. The van der Waals surface area contributed by atoms with Gasteiger partial charge in [0.2, 0.25) is 10.0 Å². The molecule has 20 heavy (non-hydrogen) atoms. The third-order valence-corrected chi connectivity index (χ3v) is 4.63. The van der Waals surface area contributed by atoms with E-state index in [1.165, 1.54) is 7.05 Å². The zero-order chi connectivity index (χ0) is 15.2. The van der Waals surface area contributed by atoms with Gasteiger partial charge in [-0.15, -0.1) is 0 Å². The molecule has 0 radical (unpaired) electrons. The van der Waals surface area contributed by atoms with Gasteiger partial charge in [0, 0.05) is 13.1 Å². The largest absolute Gasteiger partial charge is 0.493 e. The fraction of sp³-hybridized carbons (Fsp3) is 0.500. The van der Waals surface area contributed by atoms with Crippen molar-refractivity contribution in [3.63, 3.8) is 0 Å². The monoisotopic (exact) mass is 366 g/mol. The van der Waals surface area contributed by atoms with Gasteiger partial charge in [0.25, 0.3) is 0 Å². The molecule has 1 aromatic carbocycles. The molecule has 0 amide bonds. The fourth-order valence-electron chi connectivity index (χ4n) is 1.61. The van der Waals surface area contributed by atoms with Gasteiger partial charge >= 0.3 is 0 Å². The molecular formula is C12H19BrN2O4S. The predicted molar refractivity (Wildman–Crippen MR) is 81.8 cm³/mol. The summed E-state index contributed by atoms with van der Waals surface area (Å²) in [4.78, 5) is 0. The molecule has 114 valence electrons. The number of hydrogen-bond acceptors (Lipinski definition) is 5. The maximum absolute atomic E-state index is 11.3. The van der Waals surface area contributed by atoms with Crippen molar-refractivity contribution in [1.29, 1.82) is 0 Å². The van der Waals surface area contributed by atoms with Gasteiger partial charge in [-0.25, -0.2) is 13.1 Å². The van der Waals surface area contributed by atoms with E-state index >= 15 is 0 Å². The van der Waals surface area contributed by atoms with Crippen molar-refractivity contribution >= 4 is 26.0 Å². The first kappa shape index (κ1) is 17.2. The van der Waals surface area contributed by atoms with Crippen LogP contribution in [0.25, 0.3) is 0 Å². The van der Waals surface area contributed by atoms with E-state index in [-0.39, 0.29) is 5.75 Å². The Morgan fingerprint density at radius 3 is 2.50 bits per heavy atom. The first-order chi connectivity index (χ1) is 9.43. The average Bonchev–Trinajstić information content (AvgIpc) is 2.43. The van der Waals surface area contributed by atoms with E-state index < -0.39 is 10.0 Å². The van der Waals surface area contributed by atoms with Gasteiger partial charge in [0.15, 0.2) is 11.5 Å². The van der Waals surface area contributed by atoms with Crippen LogP contribution in [0.2, 0.25) is 0 Å². The molecule has 1 aromatic rings. The lowest BCUT2D eigenvalue weighted by molar-refractivity contribution is 0.352. The highest BCUT2D eigenvalue weighted by molar-refractivity contribution is 9.10. The van der Waals surface area contributed by atoms with Gasteiger partial charge in [-0.1, -0.05) is 0 Å². The Morgan fingerprint density at radius 1 is 1.25 bits per heavy atom. The van der Waals surface area contributed by atoms with E-state index in [4.69, 9.17) is 9.47 Å². The Bertz CT molecular complexity index is 549. The molecule has 0 bridgehead atoms. The molecule has 1 rings (SSSR count). The molecule has 0 saturated carbocycles. The van der Waals surface area contributed by atoms with Crippen molar-refractivity contribution in [3.05, 3.63) is 22.2 Å². The van der Waals surface area contributed by atoms with Crippen molar-refractivity contribution in [2.24, 2.45) is 0 Å². The molecule has 0 atom stereocenters. The Morgan fingerprint density at radius 2 is 1.95 bits per heavy atom. The quantitative estimate of drug-likeness (QED) is 0.673. The number of halogens is 1. The molecule has 8 heteroatoms. The zero-order valence-corrected chi connectivity index (χ0v) is 14.1. The van der Waals surface area contributed by atoms with Crippen LogP contribution in [-0.4, -0.2) is 42.0 Å². The standard InChI is InChI=1S/C12H19BrN2O4S/c1-14-20(16,17)5-4-15-8-9-6-10(13)12(19-3)11(7-9)18-2/h6-7,14-15H,4-5,8H2,1-3H3. The van der Waals surface area contributed by atoms with E-state index in [2.05, 4.69) is 26.0 Å². The zero-order valence-electron chi connectivity index (χ0n) is 11.7. The Hall–Kier alpha value is -0.830. The molecule has 0 fully saturated rings. The lowest BCUT2D eigenvalue weighted by Gasteiger charge is -2.12. The maximum Gasteiger partial charge on any atom is 0.212 e.